The number of ketones is 1. The van der Waals surface area contributed by atoms with Crippen LogP contribution in [-0.4, -0.2) is 17.4 Å². The van der Waals surface area contributed by atoms with Crippen molar-refractivity contribution in [3.8, 4) is 0 Å². The van der Waals surface area contributed by atoms with Gasteiger partial charge >= 0.3 is 5.97 Å². The average molecular weight is 276 g/mol. The van der Waals surface area contributed by atoms with Gasteiger partial charge in [0.05, 0.1) is 0 Å². The van der Waals surface area contributed by atoms with Crippen molar-refractivity contribution in [1.82, 2.24) is 0 Å². The highest BCUT2D eigenvalue weighted by Crippen LogP contribution is 2.12. The Labute approximate surface area is 121 Å². The van der Waals surface area contributed by atoms with Gasteiger partial charge in [-0.2, -0.15) is 0 Å². The van der Waals surface area contributed by atoms with Gasteiger partial charge in [0.1, 0.15) is 11.4 Å². The molecule has 0 amide bonds. The number of carbonyl (C=O) groups excluding carboxylic acids is 2. The Kier molecular flexibility index (Phi) is 5.93. The molecule has 0 aliphatic heterocycles. The molecule has 0 bridgehead atoms. The largest absolute Gasteiger partial charge is 0.460 e. The van der Waals surface area contributed by atoms with Crippen molar-refractivity contribution in [3.05, 3.63) is 35.4 Å². The average Bonchev–Trinajstić information content (AvgIpc) is 2.25. The maximum Gasteiger partial charge on any atom is 0.306 e. The first kappa shape index (κ1) is 16.4. The highest BCUT2D eigenvalue weighted by molar-refractivity contribution is 5.78. The van der Waals surface area contributed by atoms with Gasteiger partial charge in [-0.15, -0.1) is 0 Å². The van der Waals surface area contributed by atoms with Crippen LogP contribution in [0, 0.1) is 0 Å². The second-order valence-electron chi connectivity index (χ2n) is 6.14. The minimum Gasteiger partial charge on any atom is -0.460 e. The van der Waals surface area contributed by atoms with Crippen LogP contribution in [0.25, 0.3) is 0 Å². The van der Waals surface area contributed by atoms with E-state index in [-0.39, 0.29) is 11.8 Å². The van der Waals surface area contributed by atoms with Crippen molar-refractivity contribution in [2.24, 2.45) is 0 Å². The lowest BCUT2D eigenvalue weighted by Gasteiger charge is -2.19. The Bertz CT molecular complexity index is 469. The van der Waals surface area contributed by atoms with E-state index in [0.717, 1.165) is 24.0 Å². The van der Waals surface area contributed by atoms with Gasteiger partial charge in [0.2, 0.25) is 0 Å². The predicted molar refractivity (Wildman–Crippen MR) is 79.6 cm³/mol. The molecule has 0 N–H and O–H groups in total. The summed E-state index contributed by atoms with van der Waals surface area (Å²) in [5, 5.41) is 0. The van der Waals surface area contributed by atoms with Crippen LogP contribution in [0.5, 0.6) is 0 Å². The fraction of sp³-hybridized carbons (Fsp3) is 0.529. The van der Waals surface area contributed by atoms with Crippen molar-refractivity contribution in [2.45, 2.75) is 59.0 Å². The van der Waals surface area contributed by atoms with E-state index in [1.165, 1.54) is 0 Å². The maximum absolute atomic E-state index is 11.6. The molecule has 0 radical (unpaired) electrons. The molecule has 0 aliphatic carbocycles. The molecule has 0 unspecified atom stereocenters. The van der Waals surface area contributed by atoms with Crippen LogP contribution < -0.4 is 0 Å². The molecule has 0 aliphatic rings. The van der Waals surface area contributed by atoms with E-state index in [1.807, 2.05) is 45.0 Å². The lowest BCUT2D eigenvalue weighted by atomic mass is 10.0. The van der Waals surface area contributed by atoms with Gasteiger partial charge in [0, 0.05) is 12.8 Å². The van der Waals surface area contributed by atoms with Crippen LogP contribution in [0.4, 0.5) is 0 Å². The Morgan fingerprint density at radius 3 is 2.40 bits per heavy atom. The SMILES string of the molecule is CC(=O)Cc1cccc(CCCC(=O)OC(C)(C)C)c1. The van der Waals surface area contributed by atoms with Crippen molar-refractivity contribution >= 4 is 11.8 Å². The van der Waals surface area contributed by atoms with Gasteiger partial charge in [-0.3, -0.25) is 9.59 Å². The van der Waals surface area contributed by atoms with E-state index in [4.69, 9.17) is 4.74 Å². The molecule has 0 atom stereocenters. The summed E-state index contributed by atoms with van der Waals surface area (Å²) in [6.07, 6.45) is 2.48. The molecule has 0 saturated carbocycles. The van der Waals surface area contributed by atoms with Gasteiger partial charge in [0.15, 0.2) is 0 Å². The molecule has 0 fully saturated rings. The van der Waals surface area contributed by atoms with Gasteiger partial charge in [0.25, 0.3) is 0 Å². The van der Waals surface area contributed by atoms with Crippen LogP contribution in [0.3, 0.4) is 0 Å². The van der Waals surface area contributed by atoms with Gasteiger partial charge in [-0.1, -0.05) is 24.3 Å². The zero-order chi connectivity index (χ0) is 15.2. The molecular formula is C17H24O3. The predicted octanol–water partition coefficient (Wildman–Crippen LogP) is 3.48. The summed E-state index contributed by atoms with van der Waals surface area (Å²) < 4.78 is 5.27. The summed E-state index contributed by atoms with van der Waals surface area (Å²) in [6, 6.07) is 7.98. The van der Waals surface area contributed by atoms with E-state index in [2.05, 4.69) is 0 Å². The van der Waals surface area contributed by atoms with Gasteiger partial charge in [-0.25, -0.2) is 0 Å². The second-order valence-corrected chi connectivity index (χ2v) is 6.14. The second kappa shape index (κ2) is 7.22. The lowest BCUT2D eigenvalue weighted by Crippen LogP contribution is -2.23. The number of ether oxygens (including phenoxy) is 1. The molecule has 0 saturated heterocycles. The number of Topliss-reactive ketones (excluding diaryl/α,β-unsaturated/α-hetero) is 1. The Hall–Kier alpha value is -1.64. The molecule has 3 nitrogen and oxygen atoms in total. The van der Waals surface area contributed by atoms with E-state index in [0.29, 0.717) is 12.8 Å². The fourth-order valence-electron chi connectivity index (χ4n) is 2.01. The first-order valence-electron chi connectivity index (χ1n) is 7.05. The quantitative estimate of drug-likeness (QED) is 0.747. The Balaban J connectivity index is 2.42. The first-order chi connectivity index (χ1) is 9.26. The lowest BCUT2D eigenvalue weighted by molar-refractivity contribution is -0.154. The third-order valence-corrected chi connectivity index (χ3v) is 2.71. The van der Waals surface area contributed by atoms with Gasteiger partial charge in [-0.05, 0) is 51.7 Å². The van der Waals surface area contributed by atoms with E-state index in [1.54, 1.807) is 6.92 Å². The monoisotopic (exact) mass is 276 g/mol. The van der Waals surface area contributed by atoms with E-state index in [9.17, 15) is 9.59 Å². The topological polar surface area (TPSA) is 43.4 Å². The number of rotatable bonds is 6. The molecule has 1 aromatic carbocycles. The number of benzene rings is 1. The minimum atomic E-state index is -0.418. The van der Waals surface area contributed by atoms with Gasteiger partial charge < -0.3 is 4.74 Å². The third kappa shape index (κ3) is 7.07. The highest BCUT2D eigenvalue weighted by atomic mass is 16.6. The molecule has 1 rings (SSSR count). The maximum atomic E-state index is 11.6. The van der Waals surface area contributed by atoms with Crippen molar-refractivity contribution in [1.29, 1.82) is 0 Å². The fourth-order valence-corrected chi connectivity index (χ4v) is 2.01. The number of aryl methyl sites for hydroxylation is 1. The van der Waals surface area contributed by atoms with Crippen LogP contribution >= 0.6 is 0 Å². The number of hydrogen-bond acceptors (Lipinski definition) is 3. The van der Waals surface area contributed by atoms with Crippen LogP contribution in [-0.2, 0) is 27.2 Å². The molecule has 20 heavy (non-hydrogen) atoms. The summed E-state index contributed by atoms with van der Waals surface area (Å²) in [4.78, 5) is 22.7. The molecule has 3 heteroatoms. The van der Waals surface area contributed by atoms with Crippen LogP contribution in [0.2, 0.25) is 0 Å². The summed E-state index contributed by atoms with van der Waals surface area (Å²) >= 11 is 0. The minimum absolute atomic E-state index is 0.155. The standard InChI is InChI=1S/C17H24O3/c1-13(18)11-15-9-5-7-14(12-15)8-6-10-16(19)20-17(2,3)4/h5,7,9,12H,6,8,10-11H2,1-4H3. The third-order valence-electron chi connectivity index (χ3n) is 2.71. The zero-order valence-electron chi connectivity index (χ0n) is 12.9. The van der Waals surface area contributed by atoms with Crippen LogP contribution in [0.1, 0.15) is 51.7 Å². The van der Waals surface area contributed by atoms with Crippen molar-refractivity contribution in [3.63, 3.8) is 0 Å². The molecule has 0 heterocycles. The van der Waals surface area contributed by atoms with Crippen molar-refractivity contribution < 1.29 is 14.3 Å². The number of hydrogen-bond donors (Lipinski definition) is 0. The number of esters is 1. The molecule has 110 valence electrons. The first-order valence-corrected chi connectivity index (χ1v) is 7.05. The summed E-state index contributed by atoms with van der Waals surface area (Å²) in [7, 11) is 0. The molecule has 0 aromatic heterocycles. The van der Waals surface area contributed by atoms with Crippen LogP contribution in [0.15, 0.2) is 24.3 Å². The Morgan fingerprint density at radius 2 is 1.80 bits per heavy atom. The Morgan fingerprint density at radius 1 is 1.15 bits per heavy atom. The normalized spacial score (nSPS) is 11.2. The summed E-state index contributed by atoms with van der Waals surface area (Å²) in [5.41, 5.74) is 1.78. The highest BCUT2D eigenvalue weighted by Gasteiger charge is 2.15. The van der Waals surface area contributed by atoms with E-state index < -0.39 is 5.60 Å². The number of carbonyl (C=O) groups is 2. The summed E-state index contributed by atoms with van der Waals surface area (Å²) in [6.45, 7) is 7.21. The molecule has 0 spiro atoms. The molecular weight excluding hydrogens is 252 g/mol. The molecule has 1 aromatic rings. The smallest absolute Gasteiger partial charge is 0.306 e. The van der Waals surface area contributed by atoms with E-state index >= 15 is 0 Å². The van der Waals surface area contributed by atoms with Crippen molar-refractivity contribution in [2.75, 3.05) is 0 Å². The zero-order valence-corrected chi connectivity index (χ0v) is 12.9. The summed E-state index contributed by atoms with van der Waals surface area (Å²) in [5.74, 6) is 0.00768.